The van der Waals surface area contributed by atoms with Crippen molar-refractivity contribution in [3.05, 3.63) is 30.0 Å². The fraction of sp³-hybridized carbons (Fsp3) is 0.200. The Morgan fingerprint density at radius 2 is 2.12 bits per heavy atom. The Balaban J connectivity index is 2.77. The number of fused-ring (bicyclic) bond motifs is 1. The minimum Gasteiger partial charge on any atom is -0.411 e. The molecule has 0 amide bonds. The highest BCUT2D eigenvalue weighted by Gasteiger charge is 2.17. The lowest BCUT2D eigenvalue weighted by atomic mass is 10.1. The maximum atomic E-state index is 12.7. The van der Waals surface area contributed by atoms with E-state index in [2.05, 4.69) is 10.3 Å². The highest BCUT2D eigenvalue weighted by molar-refractivity contribution is 6.07. The van der Waals surface area contributed by atoms with Crippen LogP contribution in [0.5, 0.6) is 0 Å². The molecule has 0 aliphatic carbocycles. The molecule has 0 atom stereocenters. The molecule has 0 bridgehead atoms. The first-order valence-corrected chi connectivity index (χ1v) is 4.59. The molecule has 0 saturated carbocycles. The average Bonchev–Trinajstić information content (AvgIpc) is 2.67. The Labute approximate surface area is 89.8 Å². The van der Waals surface area contributed by atoms with E-state index < -0.39 is 6.55 Å². The van der Waals surface area contributed by atoms with Gasteiger partial charge in [0.2, 0.25) is 0 Å². The molecular weight excluding hydrogens is 216 g/mol. The van der Waals surface area contributed by atoms with Gasteiger partial charge in [-0.1, -0.05) is 23.4 Å². The van der Waals surface area contributed by atoms with E-state index in [9.17, 15) is 8.78 Å². The van der Waals surface area contributed by atoms with E-state index in [-0.39, 0.29) is 11.4 Å². The van der Waals surface area contributed by atoms with Crippen molar-refractivity contribution in [2.75, 3.05) is 0 Å². The highest BCUT2D eigenvalue weighted by atomic mass is 19.3. The SMILES string of the molecule is CC(=NO)c1nn(C(F)F)c2ccccc12. The monoisotopic (exact) mass is 225 g/mol. The van der Waals surface area contributed by atoms with Crippen LogP contribution in [0.4, 0.5) is 8.78 Å². The van der Waals surface area contributed by atoms with Gasteiger partial charge < -0.3 is 5.21 Å². The maximum absolute atomic E-state index is 12.7. The number of aromatic nitrogens is 2. The van der Waals surface area contributed by atoms with Crippen LogP contribution in [-0.2, 0) is 0 Å². The summed E-state index contributed by atoms with van der Waals surface area (Å²) in [5.74, 6) is 0. The molecule has 0 aliphatic heterocycles. The lowest BCUT2D eigenvalue weighted by molar-refractivity contribution is 0.0614. The van der Waals surface area contributed by atoms with Gasteiger partial charge in [0.05, 0.1) is 5.52 Å². The summed E-state index contributed by atoms with van der Waals surface area (Å²) in [7, 11) is 0. The van der Waals surface area contributed by atoms with Crippen molar-refractivity contribution < 1.29 is 14.0 Å². The first-order chi connectivity index (χ1) is 7.65. The standard InChI is InChI=1S/C10H9F2N3O/c1-6(14-16)9-7-4-2-3-5-8(7)15(13-9)10(11)12/h2-5,10,16H,1H3. The van der Waals surface area contributed by atoms with Gasteiger partial charge in [-0.05, 0) is 13.0 Å². The Bertz CT molecular complexity index is 548. The molecule has 84 valence electrons. The molecule has 4 nitrogen and oxygen atoms in total. The van der Waals surface area contributed by atoms with Crippen molar-refractivity contribution in [3.63, 3.8) is 0 Å². The summed E-state index contributed by atoms with van der Waals surface area (Å²) in [5.41, 5.74) is 0.782. The Hall–Kier alpha value is -1.98. The molecule has 2 rings (SSSR count). The minimum atomic E-state index is -2.72. The van der Waals surface area contributed by atoms with Gasteiger partial charge in [0.15, 0.2) is 0 Å². The van der Waals surface area contributed by atoms with Crippen LogP contribution in [-0.4, -0.2) is 20.7 Å². The van der Waals surface area contributed by atoms with Gasteiger partial charge >= 0.3 is 6.55 Å². The van der Waals surface area contributed by atoms with Gasteiger partial charge in [0, 0.05) is 5.39 Å². The van der Waals surface area contributed by atoms with Crippen LogP contribution in [0.1, 0.15) is 19.2 Å². The fourth-order valence-corrected chi connectivity index (χ4v) is 1.55. The second-order valence-corrected chi connectivity index (χ2v) is 3.27. The average molecular weight is 225 g/mol. The van der Waals surface area contributed by atoms with Crippen molar-refractivity contribution >= 4 is 16.6 Å². The van der Waals surface area contributed by atoms with Crippen LogP contribution in [0.3, 0.4) is 0 Å². The minimum absolute atomic E-state index is 0.204. The Kier molecular flexibility index (Phi) is 2.55. The lowest BCUT2D eigenvalue weighted by Gasteiger charge is -1.99. The number of hydrogen-bond acceptors (Lipinski definition) is 3. The largest absolute Gasteiger partial charge is 0.411 e. The van der Waals surface area contributed by atoms with Crippen LogP contribution < -0.4 is 0 Å². The molecule has 0 radical (unpaired) electrons. The summed E-state index contributed by atoms with van der Waals surface area (Å²) in [4.78, 5) is 0. The summed E-state index contributed by atoms with van der Waals surface area (Å²) < 4.78 is 26.0. The van der Waals surface area contributed by atoms with E-state index in [0.29, 0.717) is 15.6 Å². The summed E-state index contributed by atoms with van der Waals surface area (Å²) in [6.07, 6.45) is 0. The van der Waals surface area contributed by atoms with Gasteiger partial charge in [-0.2, -0.15) is 13.9 Å². The normalized spacial score (nSPS) is 12.6. The molecule has 0 unspecified atom stereocenters. The third-order valence-corrected chi connectivity index (χ3v) is 2.29. The topological polar surface area (TPSA) is 50.4 Å². The first kappa shape index (κ1) is 10.5. The number of nitrogens with zero attached hydrogens (tertiary/aromatic N) is 3. The fourth-order valence-electron chi connectivity index (χ4n) is 1.55. The highest BCUT2D eigenvalue weighted by Crippen LogP contribution is 2.23. The van der Waals surface area contributed by atoms with E-state index in [1.54, 1.807) is 24.3 Å². The molecule has 0 saturated heterocycles. The predicted molar refractivity (Wildman–Crippen MR) is 55.0 cm³/mol. The number of alkyl halides is 2. The van der Waals surface area contributed by atoms with Crippen molar-refractivity contribution in [2.45, 2.75) is 13.5 Å². The van der Waals surface area contributed by atoms with Crippen LogP contribution in [0.25, 0.3) is 10.9 Å². The van der Waals surface area contributed by atoms with Crippen molar-refractivity contribution in [3.8, 4) is 0 Å². The third-order valence-electron chi connectivity index (χ3n) is 2.29. The van der Waals surface area contributed by atoms with Gasteiger partial charge in [-0.25, -0.2) is 4.68 Å². The number of benzene rings is 1. The Morgan fingerprint density at radius 1 is 1.44 bits per heavy atom. The van der Waals surface area contributed by atoms with Gasteiger partial charge in [-0.15, -0.1) is 0 Å². The maximum Gasteiger partial charge on any atom is 0.333 e. The number of halogens is 2. The second kappa shape index (κ2) is 3.88. The van der Waals surface area contributed by atoms with Crippen molar-refractivity contribution in [1.82, 2.24) is 9.78 Å². The zero-order valence-corrected chi connectivity index (χ0v) is 8.43. The summed E-state index contributed by atoms with van der Waals surface area (Å²) >= 11 is 0. The summed E-state index contributed by atoms with van der Waals surface area (Å²) in [6, 6.07) is 6.57. The van der Waals surface area contributed by atoms with Crippen LogP contribution in [0, 0.1) is 0 Å². The van der Waals surface area contributed by atoms with E-state index in [4.69, 9.17) is 5.21 Å². The van der Waals surface area contributed by atoms with Crippen LogP contribution in [0.2, 0.25) is 0 Å². The molecule has 0 aliphatic rings. The molecular formula is C10H9F2N3O. The van der Waals surface area contributed by atoms with Crippen molar-refractivity contribution in [1.29, 1.82) is 0 Å². The van der Waals surface area contributed by atoms with E-state index in [0.717, 1.165) is 0 Å². The third kappa shape index (κ3) is 1.52. The smallest absolute Gasteiger partial charge is 0.333 e. The Morgan fingerprint density at radius 3 is 2.75 bits per heavy atom. The number of oxime groups is 1. The molecule has 2 aromatic rings. The summed E-state index contributed by atoms with van der Waals surface area (Å²) in [5, 5.41) is 15.9. The molecule has 0 spiro atoms. The van der Waals surface area contributed by atoms with Gasteiger partial charge in [-0.3, -0.25) is 0 Å². The molecule has 1 heterocycles. The second-order valence-electron chi connectivity index (χ2n) is 3.27. The van der Waals surface area contributed by atoms with Crippen molar-refractivity contribution in [2.24, 2.45) is 5.16 Å². The molecule has 1 N–H and O–H groups in total. The number of hydrogen-bond donors (Lipinski definition) is 1. The molecule has 6 heteroatoms. The number of para-hydroxylation sites is 1. The van der Waals surface area contributed by atoms with Crippen LogP contribution >= 0.6 is 0 Å². The lowest BCUT2D eigenvalue weighted by Crippen LogP contribution is -2.02. The molecule has 1 aromatic carbocycles. The van der Waals surface area contributed by atoms with Gasteiger partial charge in [0.25, 0.3) is 0 Å². The molecule has 0 fully saturated rings. The quantitative estimate of drug-likeness (QED) is 0.485. The first-order valence-electron chi connectivity index (χ1n) is 4.59. The predicted octanol–water partition coefficient (Wildman–Crippen LogP) is 2.63. The molecule has 16 heavy (non-hydrogen) atoms. The number of rotatable bonds is 2. The van der Waals surface area contributed by atoms with Crippen LogP contribution in [0.15, 0.2) is 29.4 Å². The zero-order chi connectivity index (χ0) is 11.7. The molecule has 1 aromatic heterocycles. The van der Waals surface area contributed by atoms with Gasteiger partial charge in [0.1, 0.15) is 11.4 Å². The zero-order valence-electron chi connectivity index (χ0n) is 8.43. The van der Waals surface area contributed by atoms with E-state index >= 15 is 0 Å². The van der Waals surface area contributed by atoms with E-state index in [1.807, 2.05) is 0 Å². The summed E-state index contributed by atoms with van der Waals surface area (Å²) in [6.45, 7) is -1.21. The van der Waals surface area contributed by atoms with E-state index in [1.165, 1.54) is 6.92 Å².